The number of amides is 1. The van der Waals surface area contributed by atoms with Gasteiger partial charge in [0, 0.05) is 44.7 Å². The minimum absolute atomic E-state index is 0.0550. The van der Waals surface area contributed by atoms with E-state index in [0.29, 0.717) is 19.5 Å². The monoisotopic (exact) mass is 464 g/mol. The number of hydrogen-bond donors (Lipinski definition) is 1. The Balaban J connectivity index is 2.13. The maximum atomic E-state index is 13.6. The Morgan fingerprint density at radius 1 is 1.16 bits per heavy atom. The standard InChI is InChI=1S/C21H28F4N2O5/c1-4-6-16(22)31-19(30)27-11-9-26(10-12-27)13-14-7-5-8-15(21(23,24)25)17(14)32-20(2,3)18(28)29/h5,7-8,16H,4,6,9-13H2,1-3H3,(H,28,29). The molecule has 7 nitrogen and oxygen atoms in total. The highest BCUT2D eigenvalue weighted by molar-refractivity contribution is 5.77. The average Bonchev–Trinajstić information content (AvgIpc) is 2.68. The van der Waals surface area contributed by atoms with Crippen LogP contribution in [-0.4, -0.2) is 65.1 Å². The van der Waals surface area contributed by atoms with Crippen LogP contribution < -0.4 is 4.74 Å². The summed E-state index contributed by atoms with van der Waals surface area (Å²) in [6.45, 7) is 5.24. The molecule has 1 saturated heterocycles. The van der Waals surface area contributed by atoms with Crippen LogP contribution in [0.4, 0.5) is 22.4 Å². The SMILES string of the molecule is CCCC(F)OC(=O)N1CCN(Cc2cccc(C(F)(F)F)c2OC(C)(C)C(=O)O)CC1. The van der Waals surface area contributed by atoms with E-state index < -0.39 is 41.5 Å². The number of aliphatic carboxylic acids is 1. The highest BCUT2D eigenvalue weighted by Crippen LogP contribution is 2.40. The van der Waals surface area contributed by atoms with E-state index in [1.165, 1.54) is 30.9 Å². The largest absolute Gasteiger partial charge is 0.478 e. The lowest BCUT2D eigenvalue weighted by Crippen LogP contribution is -2.49. The summed E-state index contributed by atoms with van der Waals surface area (Å²) >= 11 is 0. The number of carbonyl (C=O) groups is 2. The number of ether oxygens (including phenoxy) is 2. The van der Waals surface area contributed by atoms with Gasteiger partial charge in [0.05, 0.1) is 5.56 Å². The first-order chi connectivity index (χ1) is 14.8. The third kappa shape index (κ3) is 6.72. The van der Waals surface area contributed by atoms with Crippen molar-refractivity contribution in [3.8, 4) is 5.75 Å². The van der Waals surface area contributed by atoms with Crippen LogP contribution in [0.15, 0.2) is 18.2 Å². The second kappa shape index (κ2) is 10.4. The van der Waals surface area contributed by atoms with Crippen molar-refractivity contribution in [2.45, 2.75) is 58.3 Å². The van der Waals surface area contributed by atoms with E-state index in [4.69, 9.17) is 9.47 Å². The molecule has 1 atom stereocenters. The number of nitrogens with zero attached hydrogens (tertiary/aromatic N) is 2. The summed E-state index contributed by atoms with van der Waals surface area (Å²) in [7, 11) is 0. The molecule has 0 spiro atoms. The van der Waals surface area contributed by atoms with Gasteiger partial charge >= 0.3 is 18.2 Å². The van der Waals surface area contributed by atoms with Crippen molar-refractivity contribution in [1.82, 2.24) is 9.80 Å². The molecule has 1 unspecified atom stereocenters. The number of carbonyl (C=O) groups excluding carboxylic acids is 1. The molecule has 0 aromatic heterocycles. The average molecular weight is 464 g/mol. The quantitative estimate of drug-likeness (QED) is 0.578. The Labute approximate surface area is 183 Å². The van der Waals surface area contributed by atoms with Gasteiger partial charge in [0.2, 0.25) is 6.36 Å². The number of carboxylic acid groups (broad SMARTS) is 1. The fraction of sp³-hybridized carbons (Fsp3) is 0.619. The summed E-state index contributed by atoms with van der Waals surface area (Å²) in [6.07, 6.45) is -6.53. The third-order valence-corrected chi connectivity index (χ3v) is 5.04. The molecule has 2 rings (SSSR count). The van der Waals surface area contributed by atoms with E-state index in [9.17, 15) is 32.3 Å². The van der Waals surface area contributed by atoms with Crippen molar-refractivity contribution in [2.75, 3.05) is 26.2 Å². The zero-order chi connectivity index (χ0) is 24.1. The molecule has 0 saturated carbocycles. The zero-order valence-corrected chi connectivity index (χ0v) is 18.2. The topological polar surface area (TPSA) is 79.3 Å². The first-order valence-electron chi connectivity index (χ1n) is 10.3. The van der Waals surface area contributed by atoms with E-state index in [0.717, 1.165) is 6.07 Å². The Kier molecular flexibility index (Phi) is 8.33. The number of carboxylic acids is 1. The Hall–Kier alpha value is -2.56. The molecule has 1 aliphatic heterocycles. The normalized spacial score (nSPS) is 16.5. The van der Waals surface area contributed by atoms with Gasteiger partial charge in [-0.15, -0.1) is 0 Å². The van der Waals surface area contributed by atoms with Gasteiger partial charge in [0.15, 0.2) is 5.60 Å². The van der Waals surface area contributed by atoms with E-state index >= 15 is 0 Å². The van der Waals surface area contributed by atoms with Gasteiger partial charge < -0.3 is 19.5 Å². The molecule has 0 bridgehead atoms. The molecule has 32 heavy (non-hydrogen) atoms. The summed E-state index contributed by atoms with van der Waals surface area (Å²) in [6, 6.07) is 3.53. The van der Waals surface area contributed by atoms with Crippen molar-refractivity contribution >= 4 is 12.1 Å². The smallest absolute Gasteiger partial charge is 0.419 e. The molecular weight excluding hydrogens is 436 g/mol. The lowest BCUT2D eigenvalue weighted by Gasteiger charge is -2.35. The second-order valence-corrected chi connectivity index (χ2v) is 8.05. The van der Waals surface area contributed by atoms with Crippen molar-refractivity contribution < 1.29 is 41.7 Å². The highest BCUT2D eigenvalue weighted by Gasteiger charge is 2.39. The highest BCUT2D eigenvalue weighted by atomic mass is 19.4. The van der Waals surface area contributed by atoms with Crippen molar-refractivity contribution in [2.24, 2.45) is 0 Å². The van der Waals surface area contributed by atoms with Gasteiger partial charge in [-0.25, -0.2) is 14.0 Å². The molecule has 1 amide bonds. The zero-order valence-electron chi connectivity index (χ0n) is 18.2. The van der Waals surface area contributed by atoms with Crippen LogP contribution in [0.25, 0.3) is 0 Å². The summed E-state index contributed by atoms with van der Waals surface area (Å²) in [4.78, 5) is 26.6. The molecule has 1 aromatic carbocycles. The van der Waals surface area contributed by atoms with Crippen LogP contribution in [0.1, 0.15) is 44.7 Å². The second-order valence-electron chi connectivity index (χ2n) is 8.05. The number of halogens is 4. The molecule has 11 heteroatoms. The Bertz CT molecular complexity index is 808. The number of para-hydroxylation sites is 1. The van der Waals surface area contributed by atoms with Gasteiger partial charge in [0.25, 0.3) is 0 Å². The van der Waals surface area contributed by atoms with Crippen molar-refractivity contribution in [1.29, 1.82) is 0 Å². The van der Waals surface area contributed by atoms with Crippen LogP contribution in [0, 0.1) is 0 Å². The van der Waals surface area contributed by atoms with Crippen LogP contribution in [0.2, 0.25) is 0 Å². The van der Waals surface area contributed by atoms with Gasteiger partial charge in [-0.2, -0.15) is 13.2 Å². The Morgan fingerprint density at radius 2 is 1.78 bits per heavy atom. The van der Waals surface area contributed by atoms with Crippen LogP contribution in [-0.2, 0) is 22.3 Å². The molecule has 1 N–H and O–H groups in total. The molecular formula is C21H28F4N2O5. The van der Waals surface area contributed by atoms with Crippen LogP contribution >= 0.6 is 0 Å². The van der Waals surface area contributed by atoms with Crippen LogP contribution in [0.3, 0.4) is 0 Å². The number of piperazine rings is 1. The molecule has 1 aromatic rings. The van der Waals surface area contributed by atoms with Gasteiger partial charge in [-0.3, -0.25) is 4.90 Å². The predicted molar refractivity (Wildman–Crippen MR) is 107 cm³/mol. The molecule has 0 aliphatic carbocycles. The first kappa shape index (κ1) is 25.7. The minimum atomic E-state index is -4.73. The molecule has 0 radical (unpaired) electrons. The molecule has 1 fully saturated rings. The van der Waals surface area contributed by atoms with E-state index in [1.54, 1.807) is 11.8 Å². The van der Waals surface area contributed by atoms with Crippen LogP contribution in [0.5, 0.6) is 5.75 Å². The van der Waals surface area contributed by atoms with Crippen molar-refractivity contribution in [3.63, 3.8) is 0 Å². The van der Waals surface area contributed by atoms with Gasteiger partial charge in [0.1, 0.15) is 5.75 Å². The lowest BCUT2D eigenvalue weighted by atomic mass is 10.0. The summed E-state index contributed by atoms with van der Waals surface area (Å²) in [5.41, 5.74) is -2.76. The first-order valence-corrected chi connectivity index (χ1v) is 10.3. The van der Waals surface area contributed by atoms with E-state index in [1.807, 2.05) is 0 Å². The van der Waals surface area contributed by atoms with Gasteiger partial charge in [-0.1, -0.05) is 19.1 Å². The van der Waals surface area contributed by atoms with Gasteiger partial charge in [-0.05, 0) is 26.3 Å². The van der Waals surface area contributed by atoms with E-state index in [-0.39, 0.29) is 31.6 Å². The lowest BCUT2D eigenvalue weighted by molar-refractivity contribution is -0.155. The molecule has 1 heterocycles. The van der Waals surface area contributed by atoms with Crippen molar-refractivity contribution in [3.05, 3.63) is 29.3 Å². The maximum Gasteiger partial charge on any atom is 0.419 e. The summed E-state index contributed by atoms with van der Waals surface area (Å²) in [5.74, 6) is -1.93. The third-order valence-electron chi connectivity index (χ3n) is 5.04. The minimum Gasteiger partial charge on any atom is -0.478 e. The molecule has 1 aliphatic rings. The molecule has 180 valence electrons. The number of alkyl halides is 4. The summed E-state index contributed by atoms with van der Waals surface area (Å²) in [5, 5.41) is 9.29. The Morgan fingerprint density at radius 3 is 2.31 bits per heavy atom. The fourth-order valence-electron chi connectivity index (χ4n) is 3.15. The number of benzene rings is 1. The summed E-state index contributed by atoms with van der Waals surface area (Å²) < 4.78 is 64.3. The maximum absolute atomic E-state index is 13.6. The number of rotatable bonds is 8. The fourth-order valence-corrected chi connectivity index (χ4v) is 3.15. The number of hydrogen-bond acceptors (Lipinski definition) is 5. The predicted octanol–water partition coefficient (Wildman–Crippen LogP) is 4.30. The van der Waals surface area contributed by atoms with E-state index in [2.05, 4.69) is 0 Å².